The van der Waals surface area contributed by atoms with Crippen molar-refractivity contribution < 1.29 is 0 Å². The first kappa shape index (κ1) is 18.0. The summed E-state index contributed by atoms with van der Waals surface area (Å²) in [5, 5.41) is 0.781. The number of hydrogen-bond donors (Lipinski definition) is 0. The molecule has 3 aromatic carbocycles. The molecule has 1 fully saturated rings. The molecule has 0 spiro atoms. The Bertz CT molecular complexity index is 917. The van der Waals surface area contributed by atoms with Crippen molar-refractivity contribution in [2.45, 2.75) is 0 Å². The second-order valence-electron chi connectivity index (χ2n) is 6.70. The number of nitrogens with zero attached hydrogens (tertiary/aromatic N) is 2. The molecule has 0 radical (unpaired) electrons. The topological polar surface area (TPSA) is 6.48 Å². The monoisotopic (exact) mass is 392 g/mol. The van der Waals surface area contributed by atoms with Crippen molar-refractivity contribution in [3.63, 3.8) is 0 Å². The van der Waals surface area contributed by atoms with E-state index >= 15 is 0 Å². The minimum Gasteiger partial charge on any atom is -0.368 e. The standard InChI is InChI=1S/C23H21ClN2S/c24-21-7-4-8-22(17-21)25-13-15-26(16-14-25)23(27)20-11-9-19(10-12-20)18-5-2-1-3-6-18/h1-12,17H,13-16H2. The Labute approximate surface area is 171 Å². The second-order valence-corrected chi connectivity index (χ2v) is 7.53. The normalized spacial score (nSPS) is 14.3. The molecule has 0 aromatic heterocycles. The van der Waals surface area contributed by atoms with Crippen LogP contribution in [-0.4, -0.2) is 36.1 Å². The maximum absolute atomic E-state index is 6.12. The Balaban J connectivity index is 1.41. The molecule has 0 unspecified atom stereocenters. The van der Waals surface area contributed by atoms with E-state index in [1.54, 1.807) is 0 Å². The van der Waals surface area contributed by atoms with Gasteiger partial charge in [0.15, 0.2) is 0 Å². The van der Waals surface area contributed by atoms with Gasteiger partial charge in [-0.15, -0.1) is 0 Å². The summed E-state index contributed by atoms with van der Waals surface area (Å²) in [5.41, 5.74) is 4.74. The molecule has 0 aliphatic carbocycles. The summed E-state index contributed by atoms with van der Waals surface area (Å²) in [7, 11) is 0. The molecule has 1 saturated heterocycles. The first-order valence-corrected chi connectivity index (χ1v) is 9.94. The molecule has 1 aliphatic rings. The summed E-state index contributed by atoms with van der Waals surface area (Å²) < 4.78 is 0. The van der Waals surface area contributed by atoms with Gasteiger partial charge in [0.25, 0.3) is 0 Å². The Kier molecular flexibility index (Phi) is 5.42. The Morgan fingerprint density at radius 1 is 0.741 bits per heavy atom. The van der Waals surface area contributed by atoms with Crippen LogP contribution in [0.4, 0.5) is 5.69 Å². The number of rotatable bonds is 3. The molecule has 1 heterocycles. The minimum absolute atomic E-state index is 0.781. The number of anilines is 1. The van der Waals surface area contributed by atoms with Gasteiger partial charge >= 0.3 is 0 Å². The quantitative estimate of drug-likeness (QED) is 0.543. The average molecular weight is 393 g/mol. The van der Waals surface area contributed by atoms with Crippen molar-refractivity contribution in [3.8, 4) is 11.1 Å². The number of benzene rings is 3. The van der Waals surface area contributed by atoms with Crippen molar-refractivity contribution in [2.24, 2.45) is 0 Å². The van der Waals surface area contributed by atoms with E-state index in [0.29, 0.717) is 0 Å². The van der Waals surface area contributed by atoms with Gasteiger partial charge in [-0.1, -0.05) is 84.5 Å². The first-order chi connectivity index (χ1) is 13.2. The van der Waals surface area contributed by atoms with Crippen LogP contribution >= 0.6 is 23.8 Å². The van der Waals surface area contributed by atoms with E-state index in [0.717, 1.165) is 41.8 Å². The third-order valence-electron chi connectivity index (χ3n) is 4.98. The molecule has 0 N–H and O–H groups in total. The van der Waals surface area contributed by atoms with E-state index in [-0.39, 0.29) is 0 Å². The molecule has 0 saturated carbocycles. The van der Waals surface area contributed by atoms with Crippen LogP contribution < -0.4 is 4.90 Å². The van der Waals surface area contributed by atoms with Crippen LogP contribution in [0.15, 0.2) is 78.9 Å². The maximum Gasteiger partial charge on any atom is 0.109 e. The summed E-state index contributed by atoms with van der Waals surface area (Å²) in [5.74, 6) is 0. The summed E-state index contributed by atoms with van der Waals surface area (Å²) >= 11 is 11.9. The minimum atomic E-state index is 0.781. The summed E-state index contributed by atoms with van der Waals surface area (Å²) in [6.07, 6.45) is 0. The predicted molar refractivity (Wildman–Crippen MR) is 119 cm³/mol. The Morgan fingerprint density at radius 3 is 2.07 bits per heavy atom. The fourth-order valence-corrected chi connectivity index (χ4v) is 3.96. The van der Waals surface area contributed by atoms with Crippen LogP contribution in [0, 0.1) is 0 Å². The maximum atomic E-state index is 6.12. The summed E-state index contributed by atoms with van der Waals surface area (Å²) in [4.78, 5) is 5.59. The SMILES string of the molecule is S=C(c1ccc(-c2ccccc2)cc1)N1CCN(c2cccc(Cl)c2)CC1. The number of piperazine rings is 1. The third kappa shape index (κ3) is 4.15. The predicted octanol–water partition coefficient (Wildman–Crippen LogP) is 5.50. The van der Waals surface area contributed by atoms with Gasteiger partial charge < -0.3 is 9.80 Å². The molecule has 136 valence electrons. The number of hydrogen-bond acceptors (Lipinski definition) is 2. The van der Waals surface area contributed by atoms with Crippen LogP contribution in [-0.2, 0) is 0 Å². The molecular weight excluding hydrogens is 372 g/mol. The molecule has 27 heavy (non-hydrogen) atoms. The van der Waals surface area contributed by atoms with Gasteiger partial charge in [0, 0.05) is 42.5 Å². The molecule has 2 nitrogen and oxygen atoms in total. The van der Waals surface area contributed by atoms with Crippen LogP contribution in [0.3, 0.4) is 0 Å². The van der Waals surface area contributed by atoms with Crippen LogP contribution in [0.25, 0.3) is 11.1 Å². The van der Waals surface area contributed by atoms with E-state index in [1.807, 2.05) is 24.3 Å². The van der Waals surface area contributed by atoms with Crippen LogP contribution in [0.1, 0.15) is 5.56 Å². The zero-order valence-electron chi connectivity index (χ0n) is 15.0. The highest BCUT2D eigenvalue weighted by atomic mass is 35.5. The van der Waals surface area contributed by atoms with Crippen molar-refractivity contribution in [2.75, 3.05) is 31.1 Å². The zero-order chi connectivity index (χ0) is 18.6. The Hall–Kier alpha value is -2.36. The highest BCUT2D eigenvalue weighted by Gasteiger charge is 2.20. The number of halogens is 1. The van der Waals surface area contributed by atoms with E-state index < -0.39 is 0 Å². The highest BCUT2D eigenvalue weighted by Crippen LogP contribution is 2.23. The van der Waals surface area contributed by atoms with E-state index in [2.05, 4.69) is 64.4 Å². The lowest BCUT2D eigenvalue weighted by atomic mass is 10.0. The highest BCUT2D eigenvalue weighted by molar-refractivity contribution is 7.80. The van der Waals surface area contributed by atoms with Gasteiger partial charge in [0.2, 0.25) is 0 Å². The fraction of sp³-hybridized carbons (Fsp3) is 0.174. The van der Waals surface area contributed by atoms with Gasteiger partial charge in [-0.05, 0) is 29.3 Å². The zero-order valence-corrected chi connectivity index (χ0v) is 16.6. The van der Waals surface area contributed by atoms with Crippen molar-refractivity contribution in [3.05, 3.63) is 89.4 Å². The lowest BCUT2D eigenvalue weighted by molar-refractivity contribution is 0.392. The molecule has 3 aromatic rings. The average Bonchev–Trinajstić information content (AvgIpc) is 2.74. The van der Waals surface area contributed by atoms with Gasteiger partial charge in [0.1, 0.15) is 4.99 Å². The Morgan fingerprint density at radius 2 is 1.41 bits per heavy atom. The fourth-order valence-electron chi connectivity index (χ4n) is 3.46. The second kappa shape index (κ2) is 8.12. The first-order valence-electron chi connectivity index (χ1n) is 9.16. The van der Waals surface area contributed by atoms with Gasteiger partial charge in [-0.3, -0.25) is 0 Å². The molecule has 1 aliphatic heterocycles. The van der Waals surface area contributed by atoms with E-state index in [9.17, 15) is 0 Å². The molecule has 0 bridgehead atoms. The molecule has 4 rings (SSSR count). The lowest BCUT2D eigenvalue weighted by Gasteiger charge is -2.37. The molecular formula is C23H21ClN2S. The number of thiocarbonyl (C=S) groups is 1. The van der Waals surface area contributed by atoms with Crippen molar-refractivity contribution >= 4 is 34.5 Å². The van der Waals surface area contributed by atoms with Crippen LogP contribution in [0.5, 0.6) is 0 Å². The van der Waals surface area contributed by atoms with Crippen molar-refractivity contribution in [1.29, 1.82) is 0 Å². The largest absolute Gasteiger partial charge is 0.368 e. The smallest absolute Gasteiger partial charge is 0.109 e. The van der Waals surface area contributed by atoms with E-state index in [1.165, 1.54) is 16.8 Å². The third-order valence-corrected chi connectivity index (χ3v) is 5.71. The molecule has 4 heteroatoms. The van der Waals surface area contributed by atoms with Gasteiger partial charge in [-0.25, -0.2) is 0 Å². The molecule has 0 amide bonds. The summed E-state index contributed by atoms with van der Waals surface area (Å²) in [6.45, 7) is 3.74. The lowest BCUT2D eigenvalue weighted by Crippen LogP contribution is -2.48. The van der Waals surface area contributed by atoms with Crippen LogP contribution in [0.2, 0.25) is 5.02 Å². The van der Waals surface area contributed by atoms with Gasteiger partial charge in [0.05, 0.1) is 0 Å². The van der Waals surface area contributed by atoms with Crippen molar-refractivity contribution in [1.82, 2.24) is 4.90 Å². The van der Waals surface area contributed by atoms with Gasteiger partial charge in [-0.2, -0.15) is 0 Å². The summed E-state index contributed by atoms with van der Waals surface area (Å²) in [6, 6.07) is 27.0. The molecule has 0 atom stereocenters. The van der Waals surface area contributed by atoms with E-state index in [4.69, 9.17) is 23.8 Å².